The minimum absolute atomic E-state index is 0. The van der Waals surface area contributed by atoms with Crippen molar-refractivity contribution >= 4 is 18.3 Å². The predicted octanol–water partition coefficient (Wildman–Crippen LogP) is 2.96. The second kappa shape index (κ2) is 8.64. The summed E-state index contributed by atoms with van der Waals surface area (Å²) in [5.41, 5.74) is 3.60. The fourth-order valence-electron chi connectivity index (χ4n) is 3.35. The summed E-state index contributed by atoms with van der Waals surface area (Å²) >= 11 is 0. The van der Waals surface area contributed by atoms with Crippen LogP contribution in [0.1, 0.15) is 47.6 Å². The normalized spacial score (nSPS) is 13.8. The number of aryl methyl sites for hydroxylation is 1. The second-order valence-electron chi connectivity index (χ2n) is 6.66. The van der Waals surface area contributed by atoms with Crippen LogP contribution in [0.15, 0.2) is 18.2 Å². The lowest BCUT2D eigenvalue weighted by molar-refractivity contribution is 0.0944. The molecule has 3 rings (SSSR count). The van der Waals surface area contributed by atoms with Crippen molar-refractivity contribution in [2.75, 3.05) is 13.1 Å². The van der Waals surface area contributed by atoms with Gasteiger partial charge in [0.05, 0.1) is 0 Å². The van der Waals surface area contributed by atoms with Gasteiger partial charge in [-0.05, 0) is 57.4 Å². The van der Waals surface area contributed by atoms with Gasteiger partial charge in [-0.25, -0.2) is 9.07 Å². The number of carbonyl (C=O) groups is 1. The molecule has 1 amide bonds. The van der Waals surface area contributed by atoms with E-state index in [1.807, 2.05) is 26.8 Å². The lowest BCUT2D eigenvalue weighted by Crippen LogP contribution is -2.39. The second-order valence-corrected chi connectivity index (χ2v) is 6.66. The van der Waals surface area contributed by atoms with Crippen LogP contribution in [0.2, 0.25) is 0 Å². The highest BCUT2D eigenvalue weighted by atomic mass is 35.5. The van der Waals surface area contributed by atoms with E-state index in [9.17, 15) is 9.18 Å². The minimum Gasteiger partial charge on any atom is -0.349 e. The number of hydrogen-bond acceptors (Lipinski definition) is 3. The topological polar surface area (TPSA) is 58.9 Å². The molecule has 1 atom stereocenters. The molecule has 1 heterocycles. The molecular weight excluding hydrogens is 355 g/mol. The number of amides is 1. The number of rotatable bonds is 6. The molecule has 142 valence electrons. The zero-order chi connectivity index (χ0) is 18.0. The van der Waals surface area contributed by atoms with Gasteiger partial charge in [0, 0.05) is 23.8 Å². The SMILES string of the molecule is CCN[C@H](C)CNC(=O)c1nn(-c2ccc(C)cc2F)c2c1CCC2.Cl. The fourth-order valence-corrected chi connectivity index (χ4v) is 3.35. The molecule has 1 aliphatic rings. The van der Waals surface area contributed by atoms with E-state index in [-0.39, 0.29) is 30.2 Å². The predicted molar refractivity (Wildman–Crippen MR) is 103 cm³/mol. The van der Waals surface area contributed by atoms with Gasteiger partial charge in [-0.3, -0.25) is 4.79 Å². The van der Waals surface area contributed by atoms with Crippen LogP contribution in [0, 0.1) is 12.7 Å². The van der Waals surface area contributed by atoms with Crippen molar-refractivity contribution in [3.05, 3.63) is 46.5 Å². The van der Waals surface area contributed by atoms with Crippen LogP contribution in [0.4, 0.5) is 4.39 Å². The molecule has 0 saturated carbocycles. The van der Waals surface area contributed by atoms with Crippen LogP contribution in [0.3, 0.4) is 0 Å². The third kappa shape index (κ3) is 4.07. The Labute approximate surface area is 159 Å². The Kier molecular flexibility index (Phi) is 6.78. The molecule has 1 aromatic carbocycles. The quantitative estimate of drug-likeness (QED) is 0.810. The summed E-state index contributed by atoms with van der Waals surface area (Å²) in [6.45, 7) is 7.29. The summed E-state index contributed by atoms with van der Waals surface area (Å²) in [6.07, 6.45) is 2.60. The molecule has 0 radical (unpaired) electrons. The third-order valence-corrected chi connectivity index (χ3v) is 4.60. The molecule has 0 fully saturated rings. The number of aromatic nitrogens is 2. The summed E-state index contributed by atoms with van der Waals surface area (Å²) in [5.74, 6) is -0.501. The summed E-state index contributed by atoms with van der Waals surface area (Å²) in [6, 6.07) is 5.28. The number of halogens is 2. The average Bonchev–Trinajstić information content (AvgIpc) is 3.16. The van der Waals surface area contributed by atoms with Crippen LogP contribution in [-0.4, -0.2) is 34.8 Å². The van der Waals surface area contributed by atoms with E-state index in [2.05, 4.69) is 15.7 Å². The van der Waals surface area contributed by atoms with Crippen LogP contribution in [0.25, 0.3) is 5.69 Å². The molecular formula is C19H26ClFN4O. The lowest BCUT2D eigenvalue weighted by Gasteiger charge is -2.12. The maximum Gasteiger partial charge on any atom is 0.272 e. The van der Waals surface area contributed by atoms with Crippen molar-refractivity contribution in [1.82, 2.24) is 20.4 Å². The van der Waals surface area contributed by atoms with Gasteiger partial charge in [0.1, 0.15) is 11.5 Å². The number of likely N-dealkylation sites (N-methyl/N-ethyl adjacent to an activating group) is 1. The van der Waals surface area contributed by atoms with Gasteiger partial charge in [-0.2, -0.15) is 5.10 Å². The first-order chi connectivity index (χ1) is 12.0. The Morgan fingerprint density at radius 3 is 2.85 bits per heavy atom. The van der Waals surface area contributed by atoms with E-state index in [4.69, 9.17) is 0 Å². The Bertz CT molecular complexity index is 790. The van der Waals surface area contributed by atoms with E-state index in [1.54, 1.807) is 10.7 Å². The summed E-state index contributed by atoms with van der Waals surface area (Å²) in [7, 11) is 0. The molecule has 0 spiro atoms. The molecule has 2 aromatic rings. The molecule has 5 nitrogen and oxygen atoms in total. The van der Waals surface area contributed by atoms with Crippen molar-refractivity contribution in [2.45, 2.75) is 46.1 Å². The summed E-state index contributed by atoms with van der Waals surface area (Å²) < 4.78 is 16.0. The zero-order valence-corrected chi connectivity index (χ0v) is 16.3. The molecule has 1 aliphatic carbocycles. The number of nitrogens with zero attached hydrogens (tertiary/aromatic N) is 2. The average molecular weight is 381 g/mol. The lowest BCUT2D eigenvalue weighted by atomic mass is 10.2. The van der Waals surface area contributed by atoms with Crippen molar-refractivity contribution in [3.8, 4) is 5.69 Å². The number of fused-ring (bicyclic) bond motifs is 1. The molecule has 0 saturated heterocycles. The molecule has 26 heavy (non-hydrogen) atoms. The highest BCUT2D eigenvalue weighted by Gasteiger charge is 2.27. The van der Waals surface area contributed by atoms with E-state index in [1.165, 1.54) is 6.07 Å². The third-order valence-electron chi connectivity index (χ3n) is 4.60. The van der Waals surface area contributed by atoms with Crippen molar-refractivity contribution < 1.29 is 9.18 Å². The van der Waals surface area contributed by atoms with Gasteiger partial charge in [-0.1, -0.05) is 13.0 Å². The standard InChI is InChI=1S/C19H25FN4O.ClH/c1-4-21-13(3)11-22-19(25)18-14-6-5-7-16(14)24(23-18)17-9-8-12(2)10-15(17)20;/h8-10,13,21H,4-7,11H2,1-3H3,(H,22,25);1H/t13-;/m1./s1. The fraction of sp³-hybridized carbons (Fsp3) is 0.474. The summed E-state index contributed by atoms with van der Waals surface area (Å²) in [4.78, 5) is 12.6. The van der Waals surface area contributed by atoms with Crippen molar-refractivity contribution in [1.29, 1.82) is 0 Å². The van der Waals surface area contributed by atoms with E-state index < -0.39 is 0 Å². The highest BCUT2D eigenvalue weighted by molar-refractivity contribution is 5.94. The van der Waals surface area contributed by atoms with Gasteiger partial charge in [0.15, 0.2) is 5.69 Å². The maximum absolute atomic E-state index is 14.4. The Morgan fingerprint density at radius 2 is 2.15 bits per heavy atom. The maximum atomic E-state index is 14.4. The molecule has 0 bridgehead atoms. The van der Waals surface area contributed by atoms with E-state index in [0.717, 1.165) is 42.6 Å². The first-order valence-electron chi connectivity index (χ1n) is 8.90. The first kappa shape index (κ1) is 20.4. The molecule has 7 heteroatoms. The molecule has 0 aliphatic heterocycles. The number of hydrogen-bond donors (Lipinski definition) is 2. The van der Waals surface area contributed by atoms with Crippen LogP contribution in [0.5, 0.6) is 0 Å². The van der Waals surface area contributed by atoms with Crippen molar-refractivity contribution in [3.63, 3.8) is 0 Å². The van der Waals surface area contributed by atoms with Crippen LogP contribution < -0.4 is 10.6 Å². The summed E-state index contributed by atoms with van der Waals surface area (Å²) in [5, 5.41) is 10.6. The Balaban J connectivity index is 0.00000243. The number of nitrogens with one attached hydrogen (secondary N) is 2. The molecule has 1 aromatic heterocycles. The monoisotopic (exact) mass is 380 g/mol. The highest BCUT2D eigenvalue weighted by Crippen LogP contribution is 2.28. The molecule has 2 N–H and O–H groups in total. The van der Waals surface area contributed by atoms with Gasteiger partial charge in [0.2, 0.25) is 0 Å². The van der Waals surface area contributed by atoms with Gasteiger partial charge >= 0.3 is 0 Å². The van der Waals surface area contributed by atoms with E-state index in [0.29, 0.717) is 17.9 Å². The minimum atomic E-state index is -0.315. The Hall–Kier alpha value is -1.92. The van der Waals surface area contributed by atoms with Gasteiger partial charge < -0.3 is 10.6 Å². The van der Waals surface area contributed by atoms with Crippen LogP contribution >= 0.6 is 12.4 Å². The van der Waals surface area contributed by atoms with E-state index >= 15 is 0 Å². The number of benzene rings is 1. The van der Waals surface area contributed by atoms with Gasteiger partial charge in [-0.15, -0.1) is 12.4 Å². The number of carbonyl (C=O) groups excluding carboxylic acids is 1. The Morgan fingerprint density at radius 1 is 1.38 bits per heavy atom. The largest absolute Gasteiger partial charge is 0.349 e. The van der Waals surface area contributed by atoms with Crippen LogP contribution in [-0.2, 0) is 12.8 Å². The molecule has 0 unspecified atom stereocenters. The van der Waals surface area contributed by atoms with Gasteiger partial charge in [0.25, 0.3) is 5.91 Å². The van der Waals surface area contributed by atoms with Crippen molar-refractivity contribution in [2.24, 2.45) is 0 Å². The smallest absolute Gasteiger partial charge is 0.272 e. The zero-order valence-electron chi connectivity index (χ0n) is 15.4. The first-order valence-corrected chi connectivity index (χ1v) is 8.90.